The van der Waals surface area contributed by atoms with E-state index in [1.165, 1.54) is 11.3 Å². The van der Waals surface area contributed by atoms with Crippen LogP contribution in [0, 0.1) is 0 Å². The monoisotopic (exact) mass is 431 g/mol. The van der Waals surface area contributed by atoms with Crippen LogP contribution in [0.3, 0.4) is 0 Å². The van der Waals surface area contributed by atoms with Crippen LogP contribution in [-0.4, -0.2) is 22.1 Å². The third-order valence-electron chi connectivity index (χ3n) is 2.39. The molecule has 2 nitrogen and oxygen atoms in total. The summed E-state index contributed by atoms with van der Waals surface area (Å²) in [7, 11) is 0. The minimum atomic E-state index is -0.222. The van der Waals surface area contributed by atoms with E-state index in [4.69, 9.17) is 0 Å². The topological polar surface area (TPSA) is 29.1 Å². The Balaban J connectivity index is 2.81. The molecule has 0 bridgehead atoms. The first kappa shape index (κ1) is 14.7. The smallest absolute Gasteiger partial charge is 0.262 e. The molecule has 0 aliphatic carbocycles. The Labute approximate surface area is 125 Å². The van der Waals surface area contributed by atoms with Crippen molar-refractivity contribution in [1.82, 2.24) is 5.32 Å². The number of hydrogen-bond donors (Lipinski definition) is 1. The van der Waals surface area contributed by atoms with Crippen molar-refractivity contribution in [2.45, 2.75) is 18.9 Å². The number of alkyl halides is 2. The van der Waals surface area contributed by atoms with E-state index in [0.717, 1.165) is 26.4 Å². The molecular formula is C10H12Br3NOS. The van der Waals surface area contributed by atoms with Crippen molar-refractivity contribution in [1.29, 1.82) is 0 Å². The summed E-state index contributed by atoms with van der Waals surface area (Å²) in [5.74, 6) is -0.0253. The van der Waals surface area contributed by atoms with Crippen LogP contribution in [0.2, 0.25) is 0 Å². The number of hydrogen-bond acceptors (Lipinski definition) is 2. The zero-order valence-electron chi connectivity index (χ0n) is 8.73. The Bertz CT molecular complexity index is 354. The lowest BCUT2D eigenvalue weighted by molar-refractivity contribution is 0.0919. The van der Waals surface area contributed by atoms with Gasteiger partial charge in [-0.05, 0) is 33.8 Å². The molecule has 0 aliphatic rings. The van der Waals surface area contributed by atoms with E-state index in [2.05, 4.69) is 60.0 Å². The second-order valence-electron chi connectivity index (χ2n) is 3.45. The standard InChI is InChI=1S/C10H12Br3NOS/c1-2-10(5-11,6-12)14-9(15)8-7(13)3-4-16-8/h3-4H,2,5-6H2,1H3,(H,14,15). The van der Waals surface area contributed by atoms with Gasteiger partial charge in [0.15, 0.2) is 0 Å². The van der Waals surface area contributed by atoms with Crippen molar-refractivity contribution in [3.8, 4) is 0 Å². The molecule has 1 N–H and O–H groups in total. The molecule has 1 amide bonds. The molecule has 0 radical (unpaired) electrons. The number of nitrogens with one attached hydrogen (secondary N) is 1. The lowest BCUT2D eigenvalue weighted by Gasteiger charge is -2.29. The molecule has 0 saturated carbocycles. The molecule has 0 saturated heterocycles. The number of halogens is 3. The molecule has 1 rings (SSSR count). The van der Waals surface area contributed by atoms with Gasteiger partial charge in [0.2, 0.25) is 0 Å². The second kappa shape index (κ2) is 6.52. The van der Waals surface area contributed by atoms with Gasteiger partial charge in [-0.1, -0.05) is 38.8 Å². The van der Waals surface area contributed by atoms with Gasteiger partial charge in [-0.15, -0.1) is 11.3 Å². The maximum Gasteiger partial charge on any atom is 0.262 e. The average Bonchev–Trinajstić information content (AvgIpc) is 2.72. The number of amides is 1. The van der Waals surface area contributed by atoms with E-state index in [-0.39, 0.29) is 11.4 Å². The van der Waals surface area contributed by atoms with Crippen LogP contribution in [0.15, 0.2) is 15.9 Å². The summed E-state index contributed by atoms with van der Waals surface area (Å²) in [4.78, 5) is 12.8. The molecule has 16 heavy (non-hydrogen) atoms. The molecule has 0 unspecified atom stereocenters. The SMILES string of the molecule is CCC(CBr)(CBr)NC(=O)c1sccc1Br. The van der Waals surface area contributed by atoms with Crippen molar-refractivity contribution in [2.75, 3.05) is 10.7 Å². The Hall–Kier alpha value is 0.610. The predicted octanol–water partition coefficient (Wildman–Crippen LogP) is 4.18. The summed E-state index contributed by atoms with van der Waals surface area (Å²) < 4.78 is 0.851. The number of carbonyl (C=O) groups is 1. The van der Waals surface area contributed by atoms with Crippen LogP contribution < -0.4 is 5.32 Å². The van der Waals surface area contributed by atoms with Crippen LogP contribution in [-0.2, 0) is 0 Å². The highest BCUT2D eigenvalue weighted by molar-refractivity contribution is 9.10. The molecule has 0 fully saturated rings. The van der Waals surface area contributed by atoms with Crippen molar-refractivity contribution < 1.29 is 4.79 Å². The van der Waals surface area contributed by atoms with Crippen LogP contribution in [0.4, 0.5) is 0 Å². The molecule has 0 aromatic carbocycles. The second-order valence-corrected chi connectivity index (χ2v) is 6.34. The van der Waals surface area contributed by atoms with E-state index in [0.29, 0.717) is 0 Å². The first-order valence-electron chi connectivity index (χ1n) is 4.76. The van der Waals surface area contributed by atoms with Crippen LogP contribution >= 0.6 is 59.1 Å². The van der Waals surface area contributed by atoms with Gasteiger partial charge in [0.25, 0.3) is 5.91 Å². The lowest BCUT2D eigenvalue weighted by Crippen LogP contribution is -2.51. The molecule has 90 valence electrons. The lowest BCUT2D eigenvalue weighted by atomic mass is 10.0. The predicted molar refractivity (Wildman–Crippen MR) is 80.1 cm³/mol. The Kier molecular flexibility index (Phi) is 5.98. The van der Waals surface area contributed by atoms with E-state index >= 15 is 0 Å². The summed E-state index contributed by atoms with van der Waals surface area (Å²) in [6.07, 6.45) is 0.873. The van der Waals surface area contributed by atoms with E-state index < -0.39 is 0 Å². The molecule has 0 aliphatic heterocycles. The highest BCUT2D eigenvalue weighted by Crippen LogP contribution is 2.24. The number of carbonyl (C=O) groups excluding carboxylic acids is 1. The third-order valence-corrected chi connectivity index (χ3v) is 6.37. The van der Waals surface area contributed by atoms with Crippen molar-refractivity contribution in [2.24, 2.45) is 0 Å². The normalized spacial score (nSPS) is 11.5. The zero-order chi connectivity index (χ0) is 12.2. The summed E-state index contributed by atoms with van der Waals surface area (Å²) in [5, 5.41) is 6.43. The number of thiophene rings is 1. The van der Waals surface area contributed by atoms with Gasteiger partial charge in [-0.25, -0.2) is 0 Å². The number of rotatable bonds is 5. The van der Waals surface area contributed by atoms with Crippen LogP contribution in [0.5, 0.6) is 0 Å². The Morgan fingerprint density at radius 3 is 2.50 bits per heavy atom. The summed E-state index contributed by atoms with van der Waals surface area (Å²) >= 11 is 11.7. The average molecular weight is 434 g/mol. The Morgan fingerprint density at radius 2 is 2.12 bits per heavy atom. The Morgan fingerprint density at radius 1 is 1.50 bits per heavy atom. The summed E-state index contributed by atoms with van der Waals surface area (Å²) in [5.41, 5.74) is -0.222. The summed E-state index contributed by atoms with van der Waals surface area (Å²) in [6, 6.07) is 1.88. The van der Waals surface area contributed by atoms with Gasteiger partial charge in [0.05, 0.1) is 5.54 Å². The van der Waals surface area contributed by atoms with Gasteiger partial charge in [0, 0.05) is 15.1 Å². The fourth-order valence-electron chi connectivity index (χ4n) is 1.13. The van der Waals surface area contributed by atoms with Crippen LogP contribution in [0.1, 0.15) is 23.0 Å². The van der Waals surface area contributed by atoms with Crippen molar-refractivity contribution >= 4 is 65.0 Å². The molecule has 0 spiro atoms. The fraction of sp³-hybridized carbons (Fsp3) is 0.500. The van der Waals surface area contributed by atoms with Gasteiger partial charge in [-0.2, -0.15) is 0 Å². The largest absolute Gasteiger partial charge is 0.344 e. The fourth-order valence-corrected chi connectivity index (χ4v) is 4.58. The quantitative estimate of drug-likeness (QED) is 0.693. The maximum absolute atomic E-state index is 12.0. The minimum Gasteiger partial charge on any atom is -0.344 e. The van der Waals surface area contributed by atoms with Gasteiger partial charge >= 0.3 is 0 Å². The molecule has 1 aromatic rings. The molecular weight excluding hydrogens is 422 g/mol. The minimum absolute atomic E-state index is 0.0253. The molecule has 1 aromatic heterocycles. The molecule has 1 heterocycles. The third kappa shape index (κ3) is 3.31. The van der Waals surface area contributed by atoms with Gasteiger partial charge < -0.3 is 5.32 Å². The highest BCUT2D eigenvalue weighted by Gasteiger charge is 2.28. The van der Waals surface area contributed by atoms with Crippen molar-refractivity contribution in [3.63, 3.8) is 0 Å². The van der Waals surface area contributed by atoms with E-state index in [1.54, 1.807) is 0 Å². The summed E-state index contributed by atoms with van der Waals surface area (Å²) in [6.45, 7) is 2.06. The highest BCUT2D eigenvalue weighted by atomic mass is 79.9. The van der Waals surface area contributed by atoms with Crippen LogP contribution in [0.25, 0.3) is 0 Å². The maximum atomic E-state index is 12.0. The van der Waals surface area contributed by atoms with Gasteiger partial charge in [-0.3, -0.25) is 4.79 Å². The molecule has 0 atom stereocenters. The van der Waals surface area contributed by atoms with E-state index in [1.807, 2.05) is 11.4 Å². The zero-order valence-corrected chi connectivity index (χ0v) is 14.3. The molecule has 6 heteroatoms. The van der Waals surface area contributed by atoms with Crippen molar-refractivity contribution in [3.05, 3.63) is 20.8 Å². The first-order valence-corrected chi connectivity index (χ1v) is 8.67. The van der Waals surface area contributed by atoms with Gasteiger partial charge in [0.1, 0.15) is 4.88 Å². The first-order chi connectivity index (χ1) is 7.58. The van der Waals surface area contributed by atoms with E-state index in [9.17, 15) is 4.79 Å².